The summed E-state index contributed by atoms with van der Waals surface area (Å²) < 4.78 is 39.6. The van der Waals surface area contributed by atoms with Crippen molar-refractivity contribution in [1.82, 2.24) is 4.90 Å². The van der Waals surface area contributed by atoms with Crippen LogP contribution >= 0.6 is 0 Å². The molecule has 0 N–H and O–H groups in total. The normalized spacial score (nSPS) is 12.1. The van der Waals surface area contributed by atoms with Crippen molar-refractivity contribution in [2.75, 3.05) is 21.3 Å². The predicted molar refractivity (Wildman–Crippen MR) is 103 cm³/mol. The van der Waals surface area contributed by atoms with Gasteiger partial charge < -0.3 is 19.1 Å². The van der Waals surface area contributed by atoms with Crippen molar-refractivity contribution in [2.24, 2.45) is 0 Å². The van der Waals surface area contributed by atoms with Gasteiger partial charge in [0.15, 0.2) is 11.5 Å². The average molecular weight is 391 g/mol. The minimum absolute atomic E-state index is 0.0668. The number of hydrogen-bond donors (Lipinski definition) is 0. The highest BCUT2D eigenvalue weighted by atomic mass is 19.3. The van der Waals surface area contributed by atoms with E-state index in [0.29, 0.717) is 11.3 Å². The van der Waals surface area contributed by atoms with E-state index in [9.17, 15) is 13.6 Å². The molecular weight excluding hydrogens is 368 g/mol. The number of carbonyl (C=O) groups excluding carboxylic acids is 1. The second-order valence-electron chi connectivity index (χ2n) is 5.99. The molecule has 5 nitrogen and oxygen atoms in total. The van der Waals surface area contributed by atoms with Crippen LogP contribution in [0.5, 0.6) is 17.2 Å². The van der Waals surface area contributed by atoms with Crippen LogP contribution < -0.4 is 14.2 Å². The molecule has 0 spiro atoms. The number of rotatable bonds is 8. The highest BCUT2D eigenvalue weighted by Gasteiger charge is 2.18. The molecule has 1 unspecified atom stereocenters. The fraction of sp³-hybridized carbons (Fsp3) is 0.286. The molecule has 1 amide bonds. The fourth-order valence-electron chi connectivity index (χ4n) is 2.68. The van der Waals surface area contributed by atoms with Crippen molar-refractivity contribution in [3.05, 3.63) is 59.7 Å². The third kappa shape index (κ3) is 5.22. The molecule has 7 heteroatoms. The van der Waals surface area contributed by atoms with Gasteiger partial charge in [0.1, 0.15) is 5.75 Å². The second kappa shape index (κ2) is 9.73. The molecule has 28 heavy (non-hydrogen) atoms. The summed E-state index contributed by atoms with van der Waals surface area (Å²) in [4.78, 5) is 14.1. The van der Waals surface area contributed by atoms with Gasteiger partial charge >= 0.3 is 6.61 Å². The van der Waals surface area contributed by atoms with Crippen LogP contribution in [0.1, 0.15) is 24.1 Å². The van der Waals surface area contributed by atoms with Crippen LogP contribution in [0, 0.1) is 0 Å². The van der Waals surface area contributed by atoms with E-state index in [1.54, 1.807) is 31.2 Å². The Morgan fingerprint density at radius 1 is 1.04 bits per heavy atom. The van der Waals surface area contributed by atoms with Crippen molar-refractivity contribution in [3.63, 3.8) is 0 Å². The van der Waals surface area contributed by atoms with Crippen molar-refractivity contribution in [1.29, 1.82) is 0 Å². The molecule has 1 atom stereocenters. The predicted octanol–water partition coefficient (Wildman–Crippen LogP) is 4.54. The molecular formula is C21H23F2NO4. The topological polar surface area (TPSA) is 48.0 Å². The first-order valence-corrected chi connectivity index (χ1v) is 8.58. The molecule has 0 aliphatic carbocycles. The summed E-state index contributed by atoms with van der Waals surface area (Å²) in [5, 5.41) is 0. The van der Waals surface area contributed by atoms with Crippen molar-refractivity contribution < 1.29 is 27.8 Å². The Bertz CT molecular complexity index is 839. The molecule has 0 heterocycles. The fourth-order valence-corrected chi connectivity index (χ4v) is 2.68. The Morgan fingerprint density at radius 2 is 1.71 bits per heavy atom. The summed E-state index contributed by atoms with van der Waals surface area (Å²) >= 11 is 0. The van der Waals surface area contributed by atoms with Crippen LogP contribution in [0.3, 0.4) is 0 Å². The number of halogens is 2. The number of ether oxygens (including phenoxy) is 3. The smallest absolute Gasteiger partial charge is 0.387 e. The largest absolute Gasteiger partial charge is 0.496 e. The Morgan fingerprint density at radius 3 is 2.36 bits per heavy atom. The Balaban J connectivity index is 2.14. The van der Waals surface area contributed by atoms with Gasteiger partial charge in [-0.05, 0) is 36.8 Å². The summed E-state index contributed by atoms with van der Waals surface area (Å²) in [6.45, 7) is -1.04. The van der Waals surface area contributed by atoms with Gasteiger partial charge in [0.05, 0.1) is 20.3 Å². The van der Waals surface area contributed by atoms with E-state index in [4.69, 9.17) is 9.47 Å². The van der Waals surface area contributed by atoms with Gasteiger partial charge in [0.2, 0.25) is 5.91 Å². The van der Waals surface area contributed by atoms with Crippen LogP contribution in [0.4, 0.5) is 8.78 Å². The number of alkyl halides is 2. The van der Waals surface area contributed by atoms with E-state index in [2.05, 4.69) is 4.74 Å². The van der Waals surface area contributed by atoms with Crippen LogP contribution in [0.25, 0.3) is 6.08 Å². The third-order valence-corrected chi connectivity index (χ3v) is 4.34. The van der Waals surface area contributed by atoms with Crippen molar-refractivity contribution >= 4 is 12.0 Å². The van der Waals surface area contributed by atoms with Crippen molar-refractivity contribution in [3.8, 4) is 17.2 Å². The molecule has 0 aliphatic heterocycles. The van der Waals surface area contributed by atoms with Gasteiger partial charge in [-0.3, -0.25) is 4.79 Å². The molecule has 0 aromatic heterocycles. The summed E-state index contributed by atoms with van der Waals surface area (Å²) in [7, 11) is 4.64. The molecule has 0 fully saturated rings. The number of benzene rings is 2. The lowest BCUT2D eigenvalue weighted by atomic mass is 10.1. The van der Waals surface area contributed by atoms with Gasteiger partial charge in [-0.15, -0.1) is 0 Å². The maximum absolute atomic E-state index is 12.5. The lowest BCUT2D eigenvalue weighted by molar-refractivity contribution is -0.126. The van der Waals surface area contributed by atoms with E-state index in [1.165, 1.54) is 25.3 Å². The van der Waals surface area contributed by atoms with Gasteiger partial charge in [-0.2, -0.15) is 8.78 Å². The minimum atomic E-state index is -2.94. The number of methoxy groups -OCH3 is 2. The minimum Gasteiger partial charge on any atom is -0.496 e. The number of amides is 1. The Kier molecular flexibility index (Phi) is 7.37. The molecule has 2 aromatic carbocycles. The van der Waals surface area contributed by atoms with Crippen LogP contribution in [0.15, 0.2) is 48.5 Å². The first-order valence-electron chi connectivity index (χ1n) is 8.58. The summed E-state index contributed by atoms with van der Waals surface area (Å²) in [5.41, 5.74) is 1.51. The zero-order valence-corrected chi connectivity index (χ0v) is 16.2. The zero-order chi connectivity index (χ0) is 20.7. The monoisotopic (exact) mass is 391 g/mol. The number of carbonyl (C=O) groups is 1. The standard InChI is InChI=1S/C21H23F2NO4/c1-14(16-7-5-6-8-17(16)26-3)24(2)20(25)12-10-15-9-11-18(28-21(22)23)19(13-15)27-4/h5-14,21H,1-4H3/b12-10+. The number of para-hydroxylation sites is 1. The Hall–Kier alpha value is -3.09. The third-order valence-electron chi connectivity index (χ3n) is 4.34. The van der Waals surface area contributed by atoms with E-state index < -0.39 is 6.61 Å². The maximum atomic E-state index is 12.5. The highest BCUT2D eigenvalue weighted by Crippen LogP contribution is 2.30. The van der Waals surface area contributed by atoms with Gasteiger partial charge in [-0.25, -0.2) is 0 Å². The van der Waals surface area contributed by atoms with Gasteiger partial charge in [0.25, 0.3) is 0 Å². The van der Waals surface area contributed by atoms with Crippen molar-refractivity contribution in [2.45, 2.75) is 19.6 Å². The Labute approximate surface area is 163 Å². The molecule has 0 saturated carbocycles. The quantitative estimate of drug-likeness (QED) is 0.620. The maximum Gasteiger partial charge on any atom is 0.387 e. The van der Waals surface area contributed by atoms with E-state index >= 15 is 0 Å². The summed E-state index contributed by atoms with van der Waals surface area (Å²) in [6, 6.07) is 11.8. The first-order chi connectivity index (χ1) is 13.4. The first kappa shape index (κ1) is 21.2. The summed E-state index contributed by atoms with van der Waals surface area (Å²) in [6.07, 6.45) is 3.00. The van der Waals surface area contributed by atoms with Gasteiger partial charge in [0, 0.05) is 18.7 Å². The van der Waals surface area contributed by atoms with Crippen LogP contribution in [-0.2, 0) is 4.79 Å². The lowest BCUT2D eigenvalue weighted by Crippen LogP contribution is -2.28. The molecule has 0 bridgehead atoms. The zero-order valence-electron chi connectivity index (χ0n) is 16.2. The SMILES string of the molecule is COc1cc(/C=C/C(=O)N(C)C(C)c2ccccc2OC)ccc1OC(F)F. The van der Waals surface area contributed by atoms with Gasteiger partial charge in [-0.1, -0.05) is 24.3 Å². The van der Waals surface area contributed by atoms with Crippen LogP contribution in [0.2, 0.25) is 0 Å². The molecule has 0 aliphatic rings. The molecule has 150 valence electrons. The van der Waals surface area contributed by atoms with Crippen LogP contribution in [-0.4, -0.2) is 38.7 Å². The van der Waals surface area contributed by atoms with E-state index in [1.807, 2.05) is 31.2 Å². The number of likely N-dealkylation sites (N-methyl/N-ethyl adjacent to an activating group) is 1. The van der Waals surface area contributed by atoms with E-state index in [-0.39, 0.29) is 23.4 Å². The molecule has 2 rings (SSSR count). The number of nitrogens with zero attached hydrogens (tertiary/aromatic N) is 1. The molecule has 0 radical (unpaired) electrons. The summed E-state index contributed by atoms with van der Waals surface area (Å²) in [5.74, 6) is 0.580. The molecule has 0 saturated heterocycles. The second-order valence-corrected chi connectivity index (χ2v) is 5.99. The highest BCUT2D eigenvalue weighted by molar-refractivity contribution is 5.92. The number of hydrogen-bond acceptors (Lipinski definition) is 4. The molecule has 2 aromatic rings. The average Bonchev–Trinajstić information content (AvgIpc) is 2.71. The van der Waals surface area contributed by atoms with E-state index in [0.717, 1.165) is 5.56 Å². The lowest BCUT2D eigenvalue weighted by Gasteiger charge is -2.25.